The first-order chi connectivity index (χ1) is 12.2. The molecule has 1 aliphatic heterocycles. The predicted molar refractivity (Wildman–Crippen MR) is 98.6 cm³/mol. The lowest BCUT2D eigenvalue weighted by Gasteiger charge is -2.48. The van der Waals surface area contributed by atoms with Gasteiger partial charge in [0.2, 0.25) is 0 Å². The molecule has 0 amide bonds. The minimum Gasteiger partial charge on any atom is -0.291 e. The van der Waals surface area contributed by atoms with Crippen LogP contribution in [-0.2, 0) is 5.54 Å². The Balaban J connectivity index is 1.79. The zero-order valence-electron chi connectivity index (χ0n) is 15.5. The van der Waals surface area contributed by atoms with Gasteiger partial charge in [-0.2, -0.15) is 4.68 Å². The van der Waals surface area contributed by atoms with Gasteiger partial charge in [-0.25, -0.2) is 0 Å². The van der Waals surface area contributed by atoms with Crippen LogP contribution in [0.3, 0.4) is 0 Å². The maximum Gasteiger partial charge on any atom is 0.176 e. The monoisotopic (exact) mass is 339 g/mol. The number of rotatable bonds is 3. The van der Waals surface area contributed by atoms with Gasteiger partial charge < -0.3 is 0 Å². The highest BCUT2D eigenvalue weighted by atomic mass is 15.6. The first kappa shape index (κ1) is 16.7. The normalized spacial score (nSPS) is 28.2. The first-order valence-corrected chi connectivity index (χ1v) is 9.81. The molecule has 0 bridgehead atoms. The first-order valence-electron chi connectivity index (χ1n) is 9.81. The number of tetrazole rings is 1. The summed E-state index contributed by atoms with van der Waals surface area (Å²) in [5, 5.41) is 13.1. The van der Waals surface area contributed by atoms with Gasteiger partial charge in [0.25, 0.3) is 0 Å². The maximum absolute atomic E-state index is 4.59. The highest BCUT2D eigenvalue weighted by molar-refractivity contribution is 5.40. The van der Waals surface area contributed by atoms with Gasteiger partial charge in [-0.1, -0.05) is 31.5 Å². The zero-order valence-corrected chi connectivity index (χ0v) is 15.5. The van der Waals surface area contributed by atoms with E-state index in [1.807, 2.05) is 4.68 Å². The van der Waals surface area contributed by atoms with E-state index in [-0.39, 0.29) is 5.54 Å². The Morgan fingerprint density at radius 3 is 2.48 bits per heavy atom. The van der Waals surface area contributed by atoms with Crippen LogP contribution in [-0.4, -0.2) is 38.2 Å². The molecule has 2 fully saturated rings. The third kappa shape index (κ3) is 2.99. The van der Waals surface area contributed by atoms with Crippen molar-refractivity contribution in [1.29, 1.82) is 0 Å². The van der Waals surface area contributed by atoms with Crippen LogP contribution in [0.4, 0.5) is 0 Å². The molecule has 1 aliphatic carbocycles. The van der Waals surface area contributed by atoms with Crippen molar-refractivity contribution in [3.8, 4) is 5.69 Å². The van der Waals surface area contributed by atoms with Crippen LogP contribution in [0.5, 0.6) is 0 Å². The van der Waals surface area contributed by atoms with Gasteiger partial charge in [-0.3, -0.25) is 4.90 Å². The van der Waals surface area contributed by atoms with Gasteiger partial charge in [0, 0.05) is 0 Å². The average Bonchev–Trinajstić information content (AvgIpc) is 3.14. The minimum atomic E-state index is -0.00128. The summed E-state index contributed by atoms with van der Waals surface area (Å²) in [4.78, 5) is 2.70. The Morgan fingerprint density at radius 2 is 1.76 bits per heavy atom. The molecule has 4 rings (SSSR count). The van der Waals surface area contributed by atoms with Crippen LogP contribution in [0.1, 0.15) is 63.3 Å². The minimum absolute atomic E-state index is 0.00128. The van der Waals surface area contributed by atoms with E-state index in [1.54, 1.807) is 0 Å². The zero-order chi connectivity index (χ0) is 17.3. The molecule has 1 saturated carbocycles. The Kier molecular flexibility index (Phi) is 4.59. The SMILES string of the molecule is Cc1ccccc1-n1nnnc1C1(N2CCCCC2)CCC(C)CC1. The fourth-order valence-corrected chi connectivity index (χ4v) is 4.68. The highest BCUT2D eigenvalue weighted by Gasteiger charge is 2.45. The Labute approximate surface area is 150 Å². The Hall–Kier alpha value is -1.75. The molecule has 134 valence electrons. The van der Waals surface area contributed by atoms with Crippen LogP contribution in [0, 0.1) is 12.8 Å². The molecule has 1 saturated heterocycles. The molecule has 1 aromatic carbocycles. The summed E-state index contributed by atoms with van der Waals surface area (Å²) < 4.78 is 2.01. The van der Waals surface area contributed by atoms with Crippen molar-refractivity contribution < 1.29 is 0 Å². The molecule has 2 aliphatic rings. The van der Waals surface area contributed by atoms with Gasteiger partial charge >= 0.3 is 0 Å². The quantitative estimate of drug-likeness (QED) is 0.852. The number of hydrogen-bond acceptors (Lipinski definition) is 4. The summed E-state index contributed by atoms with van der Waals surface area (Å²) >= 11 is 0. The molecule has 5 heteroatoms. The topological polar surface area (TPSA) is 46.8 Å². The van der Waals surface area contributed by atoms with Crippen LogP contribution >= 0.6 is 0 Å². The van der Waals surface area contributed by atoms with E-state index in [4.69, 9.17) is 0 Å². The molecule has 2 heterocycles. The van der Waals surface area contributed by atoms with Crippen LogP contribution < -0.4 is 0 Å². The van der Waals surface area contributed by atoms with E-state index in [9.17, 15) is 0 Å². The van der Waals surface area contributed by atoms with Crippen molar-refractivity contribution in [2.24, 2.45) is 5.92 Å². The van der Waals surface area contributed by atoms with Crippen LogP contribution in [0.2, 0.25) is 0 Å². The Bertz CT molecular complexity index is 708. The number of aromatic nitrogens is 4. The molecule has 0 unspecified atom stereocenters. The molecule has 0 atom stereocenters. The number of para-hydroxylation sites is 1. The molecule has 0 radical (unpaired) electrons. The van der Waals surface area contributed by atoms with Gasteiger partial charge in [-0.15, -0.1) is 5.10 Å². The predicted octanol–water partition coefficient (Wildman–Crippen LogP) is 3.86. The number of aryl methyl sites for hydroxylation is 1. The standard InChI is InChI=1S/C20H29N5/c1-16-10-12-20(13-11-16,24-14-6-3-7-15-24)19-21-22-23-25(19)18-9-5-4-8-17(18)2/h4-5,8-9,16H,3,6-7,10-15H2,1-2H3. The molecule has 25 heavy (non-hydrogen) atoms. The number of likely N-dealkylation sites (tertiary alicyclic amines) is 1. The fraction of sp³-hybridized carbons (Fsp3) is 0.650. The molecule has 1 aromatic heterocycles. The lowest BCUT2D eigenvalue weighted by atomic mass is 9.74. The van der Waals surface area contributed by atoms with Crippen LogP contribution in [0.15, 0.2) is 24.3 Å². The van der Waals surface area contributed by atoms with Crippen molar-refractivity contribution >= 4 is 0 Å². The maximum atomic E-state index is 4.59. The van der Waals surface area contributed by atoms with Crippen molar-refractivity contribution in [3.05, 3.63) is 35.7 Å². The number of hydrogen-bond donors (Lipinski definition) is 0. The second-order valence-electron chi connectivity index (χ2n) is 7.96. The molecule has 0 spiro atoms. The van der Waals surface area contributed by atoms with Gasteiger partial charge in [0.1, 0.15) is 0 Å². The van der Waals surface area contributed by atoms with Gasteiger partial charge in [0.05, 0.1) is 11.2 Å². The third-order valence-electron chi connectivity index (χ3n) is 6.29. The average molecular weight is 339 g/mol. The van der Waals surface area contributed by atoms with E-state index in [1.165, 1.54) is 63.6 Å². The summed E-state index contributed by atoms with van der Waals surface area (Å²) in [6, 6.07) is 8.41. The van der Waals surface area contributed by atoms with Crippen LogP contribution in [0.25, 0.3) is 5.69 Å². The van der Waals surface area contributed by atoms with E-state index < -0.39 is 0 Å². The summed E-state index contributed by atoms with van der Waals surface area (Å²) in [5.41, 5.74) is 2.32. The van der Waals surface area contributed by atoms with Crippen molar-refractivity contribution in [3.63, 3.8) is 0 Å². The van der Waals surface area contributed by atoms with Gasteiger partial charge in [0.15, 0.2) is 5.82 Å². The lowest BCUT2D eigenvalue weighted by Crippen LogP contribution is -2.52. The fourth-order valence-electron chi connectivity index (χ4n) is 4.68. The number of nitrogens with zero attached hydrogens (tertiary/aromatic N) is 5. The molecular weight excluding hydrogens is 310 g/mol. The van der Waals surface area contributed by atoms with Gasteiger partial charge in [-0.05, 0) is 86.5 Å². The largest absolute Gasteiger partial charge is 0.291 e. The summed E-state index contributed by atoms with van der Waals surface area (Å²) in [7, 11) is 0. The Morgan fingerprint density at radius 1 is 1.04 bits per heavy atom. The summed E-state index contributed by atoms with van der Waals surface area (Å²) in [6.07, 6.45) is 8.80. The second kappa shape index (κ2) is 6.87. The smallest absolute Gasteiger partial charge is 0.176 e. The van der Waals surface area contributed by atoms with Crippen molar-refractivity contribution in [2.45, 2.75) is 64.3 Å². The number of benzene rings is 1. The molecule has 5 nitrogen and oxygen atoms in total. The lowest BCUT2D eigenvalue weighted by molar-refractivity contribution is 0.0110. The summed E-state index contributed by atoms with van der Waals surface area (Å²) in [6.45, 7) is 6.87. The molecule has 0 N–H and O–H groups in total. The second-order valence-corrected chi connectivity index (χ2v) is 7.96. The van der Waals surface area contributed by atoms with E-state index >= 15 is 0 Å². The van der Waals surface area contributed by atoms with E-state index in [0.29, 0.717) is 0 Å². The molecule has 2 aromatic rings. The highest BCUT2D eigenvalue weighted by Crippen LogP contribution is 2.44. The summed E-state index contributed by atoms with van der Waals surface area (Å²) in [5.74, 6) is 1.86. The van der Waals surface area contributed by atoms with E-state index in [2.05, 4.69) is 58.5 Å². The molecular formula is C20H29N5. The number of piperidine rings is 1. The third-order valence-corrected chi connectivity index (χ3v) is 6.29. The van der Waals surface area contributed by atoms with Crippen molar-refractivity contribution in [2.75, 3.05) is 13.1 Å². The van der Waals surface area contributed by atoms with E-state index in [0.717, 1.165) is 17.4 Å². The van der Waals surface area contributed by atoms with Crippen molar-refractivity contribution in [1.82, 2.24) is 25.1 Å².